The van der Waals surface area contributed by atoms with Gasteiger partial charge in [0.2, 0.25) is 5.88 Å². The summed E-state index contributed by atoms with van der Waals surface area (Å²) in [4.78, 5) is 11.1. The Morgan fingerprint density at radius 3 is 2.59 bits per heavy atom. The largest absolute Gasteiger partial charge is 0.474 e. The second-order valence-corrected chi connectivity index (χ2v) is 6.24. The first-order valence-corrected chi connectivity index (χ1v) is 8.51. The zero-order chi connectivity index (χ0) is 15.9. The number of pyridine rings is 1. The highest BCUT2D eigenvalue weighted by Gasteiger charge is 2.21. The molecule has 4 nitrogen and oxygen atoms in total. The van der Waals surface area contributed by atoms with E-state index in [0.29, 0.717) is 6.10 Å². The Hall–Kier alpha value is -1.58. The molecule has 1 heterocycles. The lowest BCUT2D eigenvalue weighted by Crippen LogP contribution is -2.24. The van der Waals surface area contributed by atoms with E-state index in [1.807, 2.05) is 37.3 Å². The molecule has 122 valence electrons. The maximum atomic E-state index is 6.06. The Bertz CT molecular complexity index is 493. The van der Waals surface area contributed by atoms with E-state index in [1.54, 1.807) is 0 Å². The van der Waals surface area contributed by atoms with E-state index in [-0.39, 0.29) is 0 Å². The van der Waals surface area contributed by atoms with Gasteiger partial charge in [0, 0.05) is 19.7 Å². The van der Waals surface area contributed by atoms with E-state index >= 15 is 0 Å². The van der Waals surface area contributed by atoms with Gasteiger partial charge in [-0.1, -0.05) is 13.3 Å². The Labute approximate surface area is 134 Å². The summed E-state index contributed by atoms with van der Waals surface area (Å²) in [5.41, 5.74) is 1.82. The van der Waals surface area contributed by atoms with Crippen molar-refractivity contribution in [3.8, 4) is 5.88 Å². The third kappa shape index (κ3) is 4.72. The van der Waals surface area contributed by atoms with Crippen LogP contribution in [0.1, 0.15) is 51.6 Å². The van der Waals surface area contributed by atoms with Gasteiger partial charge in [-0.25, -0.2) is 9.98 Å². The summed E-state index contributed by atoms with van der Waals surface area (Å²) in [6.07, 6.45) is 8.34. The highest BCUT2D eigenvalue weighted by atomic mass is 16.5. The Balaban J connectivity index is 1.93. The van der Waals surface area contributed by atoms with E-state index in [4.69, 9.17) is 4.74 Å². The summed E-state index contributed by atoms with van der Waals surface area (Å²) in [5, 5.41) is 0. The van der Waals surface area contributed by atoms with Gasteiger partial charge in [-0.05, 0) is 51.5 Å². The Morgan fingerprint density at radius 1 is 1.27 bits per heavy atom. The Morgan fingerprint density at radius 2 is 2.00 bits per heavy atom. The minimum absolute atomic E-state index is 0.329. The summed E-state index contributed by atoms with van der Waals surface area (Å²) >= 11 is 0. The molecular weight excluding hydrogens is 274 g/mol. The molecule has 1 fully saturated rings. The summed E-state index contributed by atoms with van der Waals surface area (Å²) in [6.45, 7) is 7.31. The van der Waals surface area contributed by atoms with Crippen LogP contribution in [0.25, 0.3) is 0 Å². The fourth-order valence-electron chi connectivity index (χ4n) is 2.80. The predicted molar refractivity (Wildman–Crippen MR) is 92.1 cm³/mol. The monoisotopic (exact) mass is 303 g/mol. The van der Waals surface area contributed by atoms with E-state index in [9.17, 15) is 0 Å². The molecule has 0 amide bonds. The fourth-order valence-corrected chi connectivity index (χ4v) is 2.80. The van der Waals surface area contributed by atoms with Crippen LogP contribution < -0.4 is 4.74 Å². The van der Waals surface area contributed by atoms with Crippen LogP contribution in [0.3, 0.4) is 0 Å². The number of aryl methyl sites for hydroxylation is 1. The van der Waals surface area contributed by atoms with E-state index in [2.05, 4.69) is 23.8 Å². The van der Waals surface area contributed by atoms with Crippen LogP contribution in [0, 0.1) is 12.8 Å². The summed E-state index contributed by atoms with van der Waals surface area (Å²) in [6, 6.07) is 3.94. The number of hydrogen-bond donors (Lipinski definition) is 0. The molecule has 0 saturated heterocycles. The Kier molecular flexibility index (Phi) is 6.22. The minimum Gasteiger partial charge on any atom is -0.474 e. The first kappa shape index (κ1) is 16.8. The topological polar surface area (TPSA) is 37.7 Å². The first-order valence-electron chi connectivity index (χ1n) is 8.51. The lowest BCUT2D eigenvalue weighted by Gasteiger charge is -2.28. The van der Waals surface area contributed by atoms with Crippen molar-refractivity contribution in [2.24, 2.45) is 10.9 Å². The third-order valence-electron chi connectivity index (χ3n) is 4.58. The van der Waals surface area contributed by atoms with Crippen molar-refractivity contribution in [3.63, 3.8) is 0 Å². The third-order valence-corrected chi connectivity index (χ3v) is 4.58. The first-order chi connectivity index (χ1) is 10.6. The molecule has 0 spiro atoms. The van der Waals surface area contributed by atoms with Crippen LogP contribution in [0.5, 0.6) is 5.88 Å². The molecule has 1 aliphatic carbocycles. The highest BCUT2D eigenvalue weighted by molar-refractivity contribution is 5.62. The average molecular weight is 303 g/mol. The second kappa shape index (κ2) is 8.16. The number of aliphatic imine (C=N–C) groups is 1. The lowest BCUT2D eigenvalue weighted by atomic mass is 9.86. The second-order valence-electron chi connectivity index (χ2n) is 6.24. The van der Waals surface area contributed by atoms with Crippen molar-refractivity contribution in [3.05, 3.63) is 17.8 Å². The van der Waals surface area contributed by atoms with Crippen LogP contribution in [0.4, 0.5) is 5.69 Å². The highest BCUT2D eigenvalue weighted by Crippen LogP contribution is 2.29. The van der Waals surface area contributed by atoms with Crippen LogP contribution in [0.15, 0.2) is 17.1 Å². The molecule has 1 aromatic heterocycles. The van der Waals surface area contributed by atoms with Crippen LogP contribution in [-0.2, 0) is 0 Å². The standard InChI is InChI=1S/C18H29N3O/c1-5-15-7-9-16(10-8-15)22-18-12-11-17(14(3)20-18)19-13-21(4)6-2/h11-13,15-16H,5-10H2,1-4H3/b19-13+/t15-,16+. The molecule has 1 saturated carbocycles. The molecule has 0 unspecified atom stereocenters. The van der Waals surface area contributed by atoms with Crippen LogP contribution >= 0.6 is 0 Å². The van der Waals surface area contributed by atoms with Gasteiger partial charge in [0.1, 0.15) is 6.10 Å². The molecule has 0 radical (unpaired) electrons. The van der Waals surface area contributed by atoms with Gasteiger partial charge in [0.05, 0.1) is 17.7 Å². The number of hydrogen-bond acceptors (Lipinski definition) is 3. The molecule has 22 heavy (non-hydrogen) atoms. The average Bonchev–Trinajstić information content (AvgIpc) is 2.54. The van der Waals surface area contributed by atoms with E-state index < -0.39 is 0 Å². The molecule has 0 atom stereocenters. The zero-order valence-corrected chi connectivity index (χ0v) is 14.4. The van der Waals surface area contributed by atoms with E-state index in [0.717, 1.165) is 42.6 Å². The molecule has 0 bridgehead atoms. The number of aromatic nitrogens is 1. The van der Waals surface area contributed by atoms with Gasteiger partial charge in [-0.3, -0.25) is 0 Å². The van der Waals surface area contributed by atoms with Crippen molar-refractivity contribution < 1.29 is 4.74 Å². The number of ether oxygens (including phenoxy) is 1. The molecule has 0 aromatic carbocycles. The summed E-state index contributed by atoms with van der Waals surface area (Å²) in [7, 11) is 2.01. The van der Waals surface area contributed by atoms with Gasteiger partial charge in [0.15, 0.2) is 0 Å². The number of rotatable bonds is 6. The van der Waals surface area contributed by atoms with Crippen LogP contribution in [0.2, 0.25) is 0 Å². The molecule has 0 N–H and O–H groups in total. The molecule has 0 aliphatic heterocycles. The minimum atomic E-state index is 0.329. The fraction of sp³-hybridized carbons (Fsp3) is 0.667. The van der Waals surface area contributed by atoms with Gasteiger partial charge >= 0.3 is 0 Å². The molecule has 1 aromatic rings. The molecule has 4 heteroatoms. The maximum absolute atomic E-state index is 6.06. The zero-order valence-electron chi connectivity index (χ0n) is 14.4. The van der Waals surface area contributed by atoms with Crippen molar-refractivity contribution in [2.45, 2.75) is 59.0 Å². The van der Waals surface area contributed by atoms with Gasteiger partial charge in [0.25, 0.3) is 0 Å². The van der Waals surface area contributed by atoms with Gasteiger partial charge < -0.3 is 9.64 Å². The SMILES string of the molecule is CCN(C)/C=N/c1ccc(O[C@H]2CC[C@@H](CC)CC2)nc1C. The lowest BCUT2D eigenvalue weighted by molar-refractivity contribution is 0.124. The summed E-state index contributed by atoms with van der Waals surface area (Å²) in [5.74, 6) is 1.63. The number of nitrogens with zero attached hydrogens (tertiary/aromatic N) is 3. The molecule has 1 aliphatic rings. The van der Waals surface area contributed by atoms with Crippen molar-refractivity contribution in [1.82, 2.24) is 9.88 Å². The van der Waals surface area contributed by atoms with Crippen LogP contribution in [-0.4, -0.2) is 35.9 Å². The normalized spacial score (nSPS) is 22.0. The van der Waals surface area contributed by atoms with E-state index in [1.165, 1.54) is 19.3 Å². The van der Waals surface area contributed by atoms with Crippen molar-refractivity contribution in [2.75, 3.05) is 13.6 Å². The van der Waals surface area contributed by atoms with Gasteiger partial charge in [-0.15, -0.1) is 0 Å². The van der Waals surface area contributed by atoms with Crippen molar-refractivity contribution in [1.29, 1.82) is 0 Å². The van der Waals surface area contributed by atoms with Gasteiger partial charge in [-0.2, -0.15) is 0 Å². The van der Waals surface area contributed by atoms with Crippen molar-refractivity contribution >= 4 is 12.0 Å². The quantitative estimate of drug-likeness (QED) is 0.579. The maximum Gasteiger partial charge on any atom is 0.213 e. The smallest absolute Gasteiger partial charge is 0.213 e. The summed E-state index contributed by atoms with van der Waals surface area (Å²) < 4.78 is 6.06. The molecular formula is C18H29N3O. The predicted octanol–water partition coefficient (Wildman–Crippen LogP) is 4.35. The molecule has 2 rings (SSSR count).